The van der Waals surface area contributed by atoms with Crippen LogP contribution in [0.5, 0.6) is 5.75 Å². The Balaban J connectivity index is 1.64. The number of benzene rings is 1. The van der Waals surface area contributed by atoms with Gasteiger partial charge >= 0.3 is 0 Å². The third-order valence-corrected chi connectivity index (χ3v) is 5.11. The monoisotopic (exact) mass is 361 g/mol. The van der Waals surface area contributed by atoms with Crippen LogP contribution >= 0.6 is 23.1 Å². The van der Waals surface area contributed by atoms with Crippen molar-refractivity contribution in [1.82, 2.24) is 25.5 Å². The molecule has 2 aromatic heterocycles. The number of amides is 1. The van der Waals surface area contributed by atoms with Crippen LogP contribution in [0.1, 0.15) is 11.8 Å². The fourth-order valence-electron chi connectivity index (χ4n) is 1.95. The lowest BCUT2D eigenvalue weighted by molar-refractivity contribution is -0.120. The van der Waals surface area contributed by atoms with Gasteiger partial charge in [0.25, 0.3) is 0 Å². The van der Waals surface area contributed by atoms with Crippen molar-refractivity contribution >= 4 is 29.0 Å². The Labute approximate surface area is 146 Å². The van der Waals surface area contributed by atoms with E-state index in [2.05, 4.69) is 20.8 Å². The van der Waals surface area contributed by atoms with Crippen molar-refractivity contribution in [2.45, 2.75) is 23.9 Å². The SMILES string of the molecule is C[C@@H](Sc1nnnn1-c1ccc(O)cc1)C(=O)NCc1cccs1. The minimum atomic E-state index is -0.341. The Morgan fingerprint density at radius 1 is 1.38 bits per heavy atom. The summed E-state index contributed by atoms with van der Waals surface area (Å²) in [7, 11) is 0. The van der Waals surface area contributed by atoms with Crippen LogP contribution in [-0.2, 0) is 11.3 Å². The number of aromatic hydroxyl groups is 1. The minimum absolute atomic E-state index is 0.0753. The molecule has 0 saturated heterocycles. The minimum Gasteiger partial charge on any atom is -0.508 e. The van der Waals surface area contributed by atoms with Crippen LogP contribution in [0.4, 0.5) is 0 Å². The highest BCUT2D eigenvalue weighted by molar-refractivity contribution is 8.00. The molecule has 3 rings (SSSR count). The molecule has 7 nitrogen and oxygen atoms in total. The standard InChI is InChI=1S/C15H15N5O2S2/c1-10(14(22)16-9-13-3-2-8-23-13)24-15-17-18-19-20(15)11-4-6-12(21)7-5-11/h2-8,10,21H,9H2,1H3,(H,16,22)/t10-/m1/s1. The van der Waals surface area contributed by atoms with Crippen LogP contribution in [0.15, 0.2) is 46.9 Å². The maximum Gasteiger partial charge on any atom is 0.233 e. The van der Waals surface area contributed by atoms with Gasteiger partial charge in [-0.2, -0.15) is 4.68 Å². The summed E-state index contributed by atoms with van der Waals surface area (Å²) in [6.07, 6.45) is 0. The van der Waals surface area contributed by atoms with Gasteiger partial charge in [0, 0.05) is 4.88 Å². The quantitative estimate of drug-likeness (QED) is 0.654. The second-order valence-corrected chi connectivity index (χ2v) is 7.29. The maximum absolute atomic E-state index is 12.2. The van der Waals surface area contributed by atoms with E-state index in [1.54, 1.807) is 35.6 Å². The van der Waals surface area contributed by atoms with Gasteiger partial charge in [-0.25, -0.2) is 0 Å². The van der Waals surface area contributed by atoms with E-state index in [0.29, 0.717) is 17.4 Å². The molecule has 9 heteroatoms. The zero-order valence-electron chi connectivity index (χ0n) is 12.8. The van der Waals surface area contributed by atoms with Gasteiger partial charge in [0.1, 0.15) is 5.75 Å². The van der Waals surface area contributed by atoms with Crippen molar-refractivity contribution in [3.63, 3.8) is 0 Å². The number of aromatic nitrogens is 4. The summed E-state index contributed by atoms with van der Waals surface area (Å²) in [5.41, 5.74) is 0.714. The molecule has 3 aromatic rings. The van der Waals surface area contributed by atoms with Gasteiger partial charge in [0.2, 0.25) is 11.1 Å². The molecule has 0 saturated carbocycles. The second kappa shape index (κ2) is 7.45. The van der Waals surface area contributed by atoms with Crippen molar-refractivity contribution in [1.29, 1.82) is 0 Å². The van der Waals surface area contributed by atoms with E-state index in [4.69, 9.17) is 0 Å². The fourth-order valence-corrected chi connectivity index (χ4v) is 3.43. The van der Waals surface area contributed by atoms with Crippen molar-refractivity contribution in [3.05, 3.63) is 46.7 Å². The van der Waals surface area contributed by atoms with Gasteiger partial charge in [-0.1, -0.05) is 17.8 Å². The van der Waals surface area contributed by atoms with Crippen LogP contribution in [0, 0.1) is 0 Å². The number of nitrogens with zero attached hydrogens (tertiary/aromatic N) is 4. The zero-order chi connectivity index (χ0) is 16.9. The van der Waals surface area contributed by atoms with Gasteiger partial charge in [0.15, 0.2) is 0 Å². The second-order valence-electron chi connectivity index (χ2n) is 4.95. The lowest BCUT2D eigenvalue weighted by atomic mass is 10.3. The topological polar surface area (TPSA) is 92.9 Å². The summed E-state index contributed by atoms with van der Waals surface area (Å²) in [5.74, 6) is 0.0935. The molecule has 0 radical (unpaired) electrons. The highest BCUT2D eigenvalue weighted by Crippen LogP contribution is 2.23. The average molecular weight is 361 g/mol. The summed E-state index contributed by atoms with van der Waals surface area (Å²) in [6, 6.07) is 10.5. The van der Waals surface area contributed by atoms with Crippen LogP contribution in [0.25, 0.3) is 5.69 Å². The molecule has 0 fully saturated rings. The van der Waals surface area contributed by atoms with E-state index >= 15 is 0 Å². The van der Waals surface area contributed by atoms with Crippen molar-refractivity contribution in [2.75, 3.05) is 0 Å². The largest absolute Gasteiger partial charge is 0.508 e. The van der Waals surface area contributed by atoms with Crippen LogP contribution in [-0.4, -0.2) is 36.5 Å². The first kappa shape index (κ1) is 16.5. The Kier molecular flexibility index (Phi) is 5.11. The number of nitrogens with one attached hydrogen (secondary N) is 1. The van der Waals surface area contributed by atoms with Gasteiger partial charge in [0.05, 0.1) is 17.5 Å². The molecule has 0 aliphatic rings. The molecule has 0 aliphatic carbocycles. The molecule has 0 unspecified atom stereocenters. The van der Waals surface area contributed by atoms with Crippen molar-refractivity contribution in [2.24, 2.45) is 0 Å². The van der Waals surface area contributed by atoms with Crippen LogP contribution in [0.2, 0.25) is 0 Å². The lowest BCUT2D eigenvalue weighted by Crippen LogP contribution is -2.30. The normalized spacial score (nSPS) is 12.0. The molecule has 24 heavy (non-hydrogen) atoms. The summed E-state index contributed by atoms with van der Waals surface area (Å²) in [6.45, 7) is 2.33. The number of rotatable bonds is 6. The Morgan fingerprint density at radius 3 is 2.88 bits per heavy atom. The highest BCUT2D eigenvalue weighted by atomic mass is 32.2. The molecule has 124 valence electrons. The first-order valence-electron chi connectivity index (χ1n) is 7.18. The third-order valence-electron chi connectivity index (χ3n) is 3.20. The predicted molar refractivity (Wildman–Crippen MR) is 92.3 cm³/mol. The molecule has 1 aromatic carbocycles. The summed E-state index contributed by atoms with van der Waals surface area (Å²) < 4.78 is 1.53. The van der Waals surface area contributed by atoms with Gasteiger partial charge in [-0.05, 0) is 53.1 Å². The zero-order valence-corrected chi connectivity index (χ0v) is 14.4. The number of thiophene rings is 1. The Hall–Kier alpha value is -2.39. The van der Waals surface area contributed by atoms with Gasteiger partial charge in [-0.3, -0.25) is 4.79 Å². The third kappa shape index (κ3) is 3.92. The number of phenols is 1. The average Bonchev–Trinajstić information content (AvgIpc) is 3.25. The number of thioether (sulfide) groups is 1. The van der Waals surface area contributed by atoms with E-state index in [1.165, 1.54) is 16.4 Å². The van der Waals surface area contributed by atoms with Crippen LogP contribution in [0.3, 0.4) is 0 Å². The number of tetrazole rings is 1. The molecule has 2 N–H and O–H groups in total. The maximum atomic E-state index is 12.2. The smallest absolute Gasteiger partial charge is 0.233 e. The van der Waals surface area contributed by atoms with E-state index in [9.17, 15) is 9.90 Å². The molecular weight excluding hydrogens is 346 g/mol. The molecule has 2 heterocycles. The summed E-state index contributed by atoms with van der Waals surface area (Å²) >= 11 is 2.88. The number of hydrogen-bond acceptors (Lipinski definition) is 7. The number of carbonyl (C=O) groups is 1. The highest BCUT2D eigenvalue weighted by Gasteiger charge is 2.19. The Morgan fingerprint density at radius 2 is 2.17 bits per heavy atom. The van der Waals surface area contributed by atoms with Crippen molar-refractivity contribution < 1.29 is 9.90 Å². The van der Waals surface area contributed by atoms with E-state index in [-0.39, 0.29) is 16.9 Å². The molecule has 0 bridgehead atoms. The molecule has 1 amide bonds. The number of carbonyl (C=O) groups excluding carboxylic acids is 1. The van der Waals surface area contributed by atoms with E-state index < -0.39 is 0 Å². The summed E-state index contributed by atoms with van der Waals surface area (Å²) in [5, 5.41) is 26.0. The number of hydrogen-bond donors (Lipinski definition) is 2. The van der Waals surface area contributed by atoms with Gasteiger partial charge < -0.3 is 10.4 Å². The van der Waals surface area contributed by atoms with Crippen LogP contribution < -0.4 is 5.32 Å². The first-order valence-corrected chi connectivity index (χ1v) is 8.94. The Bertz CT molecular complexity index is 802. The van der Waals surface area contributed by atoms with Crippen molar-refractivity contribution in [3.8, 4) is 11.4 Å². The predicted octanol–water partition coefficient (Wildman–Crippen LogP) is 2.23. The lowest BCUT2D eigenvalue weighted by Gasteiger charge is -2.11. The molecule has 0 spiro atoms. The van der Waals surface area contributed by atoms with Gasteiger partial charge in [-0.15, -0.1) is 16.4 Å². The number of phenolic OH excluding ortho intramolecular Hbond substituents is 1. The fraction of sp³-hybridized carbons (Fsp3) is 0.200. The first-order chi connectivity index (χ1) is 11.6. The molecule has 0 aliphatic heterocycles. The van der Waals surface area contributed by atoms with E-state index in [0.717, 1.165) is 4.88 Å². The van der Waals surface area contributed by atoms with E-state index in [1.807, 2.05) is 24.4 Å². The molecular formula is C15H15N5O2S2. The molecule has 1 atom stereocenters. The summed E-state index contributed by atoms with van der Waals surface area (Å²) in [4.78, 5) is 13.3.